The molecule has 1 aromatic rings. The lowest BCUT2D eigenvalue weighted by Crippen LogP contribution is -2.35. The third-order valence-electron chi connectivity index (χ3n) is 2.47. The highest BCUT2D eigenvalue weighted by molar-refractivity contribution is 5.26. The standard InChI is InChI=1S/C15H25FN2O2/c1-11(2)19-6-7-20-14-12(8-13(16)10-17-14)9-18-15(3,4)5/h8,10-11,18H,6-7,9H2,1-5H3. The predicted octanol–water partition coefficient (Wildman–Crippen LogP) is 2.91. The van der Waals surface area contributed by atoms with Crippen molar-refractivity contribution in [1.82, 2.24) is 10.3 Å². The molecule has 0 aliphatic rings. The normalized spacial score (nSPS) is 11.9. The molecule has 0 spiro atoms. The number of nitrogens with one attached hydrogen (secondary N) is 1. The number of ether oxygens (including phenoxy) is 2. The third kappa shape index (κ3) is 6.82. The minimum atomic E-state index is -0.360. The lowest BCUT2D eigenvalue weighted by molar-refractivity contribution is 0.0539. The Hall–Kier alpha value is -1.20. The summed E-state index contributed by atoms with van der Waals surface area (Å²) in [6.45, 7) is 11.5. The molecule has 0 amide bonds. The Morgan fingerprint density at radius 1 is 1.30 bits per heavy atom. The number of halogens is 1. The third-order valence-corrected chi connectivity index (χ3v) is 2.47. The second kappa shape index (κ2) is 7.55. The van der Waals surface area contributed by atoms with Crippen LogP contribution in [0.25, 0.3) is 0 Å². The average Bonchev–Trinajstić information content (AvgIpc) is 2.32. The maximum Gasteiger partial charge on any atom is 0.218 e. The number of rotatable bonds is 7. The van der Waals surface area contributed by atoms with Crippen LogP contribution in [0.2, 0.25) is 0 Å². The van der Waals surface area contributed by atoms with Gasteiger partial charge in [-0.25, -0.2) is 9.37 Å². The van der Waals surface area contributed by atoms with Crippen LogP contribution in [-0.2, 0) is 11.3 Å². The smallest absolute Gasteiger partial charge is 0.218 e. The van der Waals surface area contributed by atoms with E-state index >= 15 is 0 Å². The molecule has 0 saturated heterocycles. The molecule has 4 nitrogen and oxygen atoms in total. The Kier molecular flexibility index (Phi) is 6.36. The molecule has 0 saturated carbocycles. The van der Waals surface area contributed by atoms with Crippen molar-refractivity contribution >= 4 is 0 Å². The van der Waals surface area contributed by atoms with Crippen LogP contribution in [0.4, 0.5) is 4.39 Å². The first-order valence-corrected chi connectivity index (χ1v) is 6.92. The number of hydrogen-bond acceptors (Lipinski definition) is 4. The van der Waals surface area contributed by atoms with Crippen molar-refractivity contribution in [2.24, 2.45) is 0 Å². The zero-order valence-electron chi connectivity index (χ0n) is 13.0. The van der Waals surface area contributed by atoms with Crippen LogP contribution < -0.4 is 10.1 Å². The van der Waals surface area contributed by atoms with E-state index in [1.807, 2.05) is 13.8 Å². The summed E-state index contributed by atoms with van der Waals surface area (Å²) in [5, 5.41) is 3.30. The van der Waals surface area contributed by atoms with Crippen LogP contribution in [0, 0.1) is 5.82 Å². The fourth-order valence-electron chi connectivity index (χ4n) is 1.51. The summed E-state index contributed by atoms with van der Waals surface area (Å²) in [7, 11) is 0. The fourth-order valence-corrected chi connectivity index (χ4v) is 1.51. The highest BCUT2D eigenvalue weighted by atomic mass is 19.1. The van der Waals surface area contributed by atoms with Gasteiger partial charge in [-0.3, -0.25) is 0 Å². The van der Waals surface area contributed by atoms with E-state index in [1.54, 1.807) is 0 Å². The molecule has 0 radical (unpaired) electrons. The summed E-state index contributed by atoms with van der Waals surface area (Å²) in [5.74, 6) is 0.0944. The van der Waals surface area contributed by atoms with Gasteiger partial charge in [0.25, 0.3) is 0 Å². The van der Waals surface area contributed by atoms with Crippen LogP contribution in [0.3, 0.4) is 0 Å². The second-order valence-electron chi connectivity index (χ2n) is 5.99. The monoisotopic (exact) mass is 284 g/mol. The summed E-state index contributed by atoms with van der Waals surface area (Å²) in [6.07, 6.45) is 1.33. The number of nitrogens with zero attached hydrogens (tertiary/aromatic N) is 1. The van der Waals surface area contributed by atoms with Crippen molar-refractivity contribution in [3.05, 3.63) is 23.6 Å². The minimum absolute atomic E-state index is 0.0512. The Morgan fingerprint density at radius 3 is 2.60 bits per heavy atom. The minimum Gasteiger partial charge on any atom is -0.475 e. The van der Waals surface area contributed by atoms with Crippen molar-refractivity contribution in [2.75, 3.05) is 13.2 Å². The van der Waals surface area contributed by atoms with Gasteiger partial charge in [0.2, 0.25) is 5.88 Å². The molecule has 1 N–H and O–H groups in total. The van der Waals surface area contributed by atoms with Gasteiger partial charge in [-0.2, -0.15) is 0 Å². The van der Waals surface area contributed by atoms with Crippen molar-refractivity contribution < 1.29 is 13.9 Å². The molecule has 20 heavy (non-hydrogen) atoms. The number of pyridine rings is 1. The van der Waals surface area contributed by atoms with E-state index in [-0.39, 0.29) is 17.5 Å². The van der Waals surface area contributed by atoms with Gasteiger partial charge in [0, 0.05) is 17.6 Å². The predicted molar refractivity (Wildman–Crippen MR) is 77.4 cm³/mol. The van der Waals surface area contributed by atoms with Gasteiger partial charge < -0.3 is 14.8 Å². The summed E-state index contributed by atoms with van der Waals surface area (Å²) >= 11 is 0. The fraction of sp³-hybridized carbons (Fsp3) is 0.667. The van der Waals surface area contributed by atoms with Crippen molar-refractivity contribution in [2.45, 2.75) is 52.8 Å². The summed E-state index contributed by atoms with van der Waals surface area (Å²) in [6, 6.07) is 1.45. The van der Waals surface area contributed by atoms with Gasteiger partial charge in [0.1, 0.15) is 12.4 Å². The highest BCUT2D eigenvalue weighted by Crippen LogP contribution is 2.17. The van der Waals surface area contributed by atoms with E-state index in [1.165, 1.54) is 12.3 Å². The first-order chi connectivity index (χ1) is 9.28. The second-order valence-corrected chi connectivity index (χ2v) is 5.99. The SMILES string of the molecule is CC(C)OCCOc1ncc(F)cc1CNC(C)(C)C. The molecular formula is C15H25FN2O2. The zero-order valence-corrected chi connectivity index (χ0v) is 13.0. The maximum atomic E-state index is 13.3. The molecular weight excluding hydrogens is 259 g/mol. The molecule has 0 aliphatic carbocycles. The Morgan fingerprint density at radius 2 is 2.00 bits per heavy atom. The molecule has 0 aliphatic heterocycles. The first kappa shape index (κ1) is 16.9. The quantitative estimate of drug-likeness (QED) is 0.782. The van der Waals surface area contributed by atoms with Crippen LogP contribution in [0.1, 0.15) is 40.2 Å². The summed E-state index contributed by atoms with van der Waals surface area (Å²) in [5.41, 5.74) is 0.661. The maximum absolute atomic E-state index is 13.3. The summed E-state index contributed by atoms with van der Waals surface area (Å²) in [4.78, 5) is 4.00. The lowest BCUT2D eigenvalue weighted by Gasteiger charge is -2.21. The molecule has 0 unspecified atom stereocenters. The van der Waals surface area contributed by atoms with E-state index in [9.17, 15) is 4.39 Å². The van der Waals surface area contributed by atoms with Crippen LogP contribution in [0.15, 0.2) is 12.3 Å². The van der Waals surface area contributed by atoms with E-state index in [4.69, 9.17) is 9.47 Å². The molecule has 1 rings (SSSR count). The Balaban J connectivity index is 2.60. The number of aromatic nitrogens is 1. The van der Waals surface area contributed by atoms with Crippen LogP contribution >= 0.6 is 0 Å². The molecule has 0 fully saturated rings. The van der Waals surface area contributed by atoms with Gasteiger partial charge >= 0.3 is 0 Å². The van der Waals surface area contributed by atoms with Gasteiger partial charge in [-0.1, -0.05) is 0 Å². The van der Waals surface area contributed by atoms with Crippen molar-refractivity contribution in [1.29, 1.82) is 0 Å². The zero-order chi connectivity index (χ0) is 15.2. The molecule has 114 valence electrons. The number of hydrogen-bond donors (Lipinski definition) is 1. The van der Waals surface area contributed by atoms with Gasteiger partial charge in [0.15, 0.2) is 0 Å². The Labute approximate surface area is 120 Å². The largest absolute Gasteiger partial charge is 0.475 e. The van der Waals surface area contributed by atoms with E-state index < -0.39 is 0 Å². The average molecular weight is 284 g/mol. The lowest BCUT2D eigenvalue weighted by atomic mass is 10.1. The van der Waals surface area contributed by atoms with E-state index in [0.29, 0.717) is 31.2 Å². The van der Waals surface area contributed by atoms with E-state index in [2.05, 4.69) is 31.1 Å². The molecule has 5 heteroatoms. The molecule has 1 heterocycles. The molecule has 0 atom stereocenters. The molecule has 0 aromatic carbocycles. The van der Waals surface area contributed by atoms with Crippen molar-refractivity contribution in [3.63, 3.8) is 0 Å². The Bertz CT molecular complexity index is 417. The van der Waals surface area contributed by atoms with Gasteiger partial charge in [-0.05, 0) is 40.7 Å². The first-order valence-electron chi connectivity index (χ1n) is 6.92. The topological polar surface area (TPSA) is 43.4 Å². The molecule has 0 bridgehead atoms. The van der Waals surface area contributed by atoms with Crippen LogP contribution in [-0.4, -0.2) is 29.8 Å². The molecule has 1 aromatic heterocycles. The highest BCUT2D eigenvalue weighted by Gasteiger charge is 2.13. The van der Waals surface area contributed by atoms with Crippen LogP contribution in [0.5, 0.6) is 5.88 Å². The summed E-state index contributed by atoms with van der Waals surface area (Å²) < 4.78 is 24.3. The van der Waals surface area contributed by atoms with Crippen molar-refractivity contribution in [3.8, 4) is 5.88 Å². The van der Waals surface area contributed by atoms with Gasteiger partial charge in [-0.15, -0.1) is 0 Å². The van der Waals surface area contributed by atoms with E-state index in [0.717, 1.165) is 0 Å². The van der Waals surface area contributed by atoms with Gasteiger partial charge in [0.05, 0.1) is 18.9 Å².